The minimum absolute atomic E-state index is 0.106. The molecule has 0 fully saturated rings. The van der Waals surface area contributed by atoms with Crippen molar-refractivity contribution in [3.63, 3.8) is 0 Å². The van der Waals surface area contributed by atoms with Crippen LogP contribution in [0.25, 0.3) is 0 Å². The van der Waals surface area contributed by atoms with E-state index in [4.69, 9.17) is 29.6 Å². The maximum absolute atomic E-state index is 13.1. The van der Waals surface area contributed by atoms with Gasteiger partial charge in [-0.2, -0.15) is 0 Å². The molecule has 0 atom stereocenters. The van der Waals surface area contributed by atoms with Crippen molar-refractivity contribution in [2.45, 2.75) is 6.54 Å². The van der Waals surface area contributed by atoms with Gasteiger partial charge >= 0.3 is 0 Å². The van der Waals surface area contributed by atoms with E-state index in [1.807, 2.05) is 18.2 Å². The number of benzene rings is 2. The highest BCUT2D eigenvalue weighted by Crippen LogP contribution is 2.22. The van der Waals surface area contributed by atoms with Crippen molar-refractivity contribution in [1.82, 2.24) is 0 Å². The number of rotatable bonds is 4. The van der Waals surface area contributed by atoms with E-state index >= 15 is 0 Å². The average molecular weight is 374 g/mol. The molecule has 0 heterocycles. The number of hydrogen-bond acceptors (Lipinski definition) is 2. The van der Waals surface area contributed by atoms with Crippen molar-refractivity contribution in [2.75, 3.05) is 5.32 Å². The van der Waals surface area contributed by atoms with Crippen molar-refractivity contribution >= 4 is 50.4 Å². The van der Waals surface area contributed by atoms with Gasteiger partial charge in [0.25, 0.3) is 0 Å². The Labute approximate surface area is 135 Å². The molecule has 0 saturated heterocycles. The van der Waals surface area contributed by atoms with Crippen LogP contribution in [-0.4, -0.2) is 4.99 Å². The van der Waals surface area contributed by atoms with E-state index in [1.54, 1.807) is 12.1 Å². The molecule has 0 aliphatic heterocycles. The summed E-state index contributed by atoms with van der Waals surface area (Å²) in [6.45, 7) is 0.497. The van der Waals surface area contributed by atoms with Crippen molar-refractivity contribution in [1.29, 1.82) is 0 Å². The molecule has 20 heavy (non-hydrogen) atoms. The lowest BCUT2D eigenvalue weighted by molar-refractivity contribution is 0.627. The van der Waals surface area contributed by atoms with E-state index in [-0.39, 0.29) is 5.02 Å². The molecule has 0 saturated carbocycles. The summed E-state index contributed by atoms with van der Waals surface area (Å²) in [6.07, 6.45) is 0. The van der Waals surface area contributed by atoms with Crippen LogP contribution in [0.3, 0.4) is 0 Å². The minimum atomic E-state index is -0.428. The fourth-order valence-electron chi connectivity index (χ4n) is 1.72. The van der Waals surface area contributed by atoms with E-state index in [0.29, 0.717) is 11.5 Å². The predicted molar refractivity (Wildman–Crippen MR) is 88.8 cm³/mol. The number of nitrogens with two attached hydrogens (primary N) is 1. The zero-order valence-electron chi connectivity index (χ0n) is 10.3. The average Bonchev–Trinajstić information content (AvgIpc) is 2.41. The van der Waals surface area contributed by atoms with Crippen LogP contribution in [0.2, 0.25) is 5.02 Å². The third-order valence-corrected chi connectivity index (χ3v) is 3.72. The maximum atomic E-state index is 13.1. The van der Waals surface area contributed by atoms with E-state index in [2.05, 4.69) is 21.2 Å². The summed E-state index contributed by atoms with van der Waals surface area (Å²) < 4.78 is 14.0. The van der Waals surface area contributed by atoms with Gasteiger partial charge in [0.15, 0.2) is 0 Å². The Balaban J connectivity index is 2.18. The molecular formula is C14H11BrClFN2S. The van der Waals surface area contributed by atoms with Gasteiger partial charge in [0.2, 0.25) is 0 Å². The largest absolute Gasteiger partial charge is 0.389 e. The first kappa shape index (κ1) is 15.2. The van der Waals surface area contributed by atoms with Gasteiger partial charge in [0.1, 0.15) is 10.8 Å². The third-order valence-electron chi connectivity index (χ3n) is 2.71. The van der Waals surface area contributed by atoms with Crippen LogP contribution in [0.4, 0.5) is 10.1 Å². The summed E-state index contributed by atoms with van der Waals surface area (Å²) in [6, 6.07) is 10.2. The topological polar surface area (TPSA) is 38.0 Å². The summed E-state index contributed by atoms with van der Waals surface area (Å²) >= 11 is 14.1. The second-order valence-electron chi connectivity index (χ2n) is 4.16. The molecule has 0 radical (unpaired) electrons. The molecule has 0 aromatic heterocycles. The summed E-state index contributed by atoms with van der Waals surface area (Å²) in [5.74, 6) is -0.428. The first-order valence-corrected chi connectivity index (χ1v) is 7.32. The first-order chi connectivity index (χ1) is 9.47. The van der Waals surface area contributed by atoms with Crippen molar-refractivity contribution in [3.05, 3.63) is 62.8 Å². The lowest BCUT2D eigenvalue weighted by Gasteiger charge is -2.12. The van der Waals surface area contributed by atoms with Crippen LogP contribution in [0.1, 0.15) is 11.1 Å². The fraction of sp³-hybridized carbons (Fsp3) is 0.0714. The Morgan fingerprint density at radius 3 is 2.70 bits per heavy atom. The van der Waals surface area contributed by atoms with Crippen molar-refractivity contribution < 1.29 is 4.39 Å². The van der Waals surface area contributed by atoms with E-state index in [1.165, 1.54) is 6.07 Å². The van der Waals surface area contributed by atoms with Crippen LogP contribution in [0, 0.1) is 5.82 Å². The van der Waals surface area contributed by atoms with E-state index in [0.717, 1.165) is 21.3 Å². The second kappa shape index (κ2) is 6.52. The standard InChI is InChI=1S/C14H11BrClFN2S/c15-9-2-4-13(10(6-9)14(18)20)19-7-8-1-3-12(17)11(16)5-8/h1-6,19H,7H2,(H2,18,20). The molecule has 104 valence electrons. The summed E-state index contributed by atoms with van der Waals surface area (Å²) in [5.41, 5.74) is 8.14. The minimum Gasteiger partial charge on any atom is -0.389 e. The summed E-state index contributed by atoms with van der Waals surface area (Å²) in [7, 11) is 0. The Morgan fingerprint density at radius 2 is 2.05 bits per heavy atom. The van der Waals surface area contributed by atoms with Gasteiger partial charge in [-0.1, -0.05) is 45.8 Å². The number of thiocarbonyl (C=S) groups is 1. The van der Waals surface area contributed by atoms with Crippen LogP contribution >= 0.6 is 39.7 Å². The van der Waals surface area contributed by atoms with Gasteiger partial charge in [-0.25, -0.2) is 4.39 Å². The molecular weight excluding hydrogens is 363 g/mol. The van der Waals surface area contributed by atoms with Gasteiger partial charge < -0.3 is 11.1 Å². The van der Waals surface area contributed by atoms with Gasteiger partial charge in [0.05, 0.1) is 5.02 Å². The van der Waals surface area contributed by atoms with Gasteiger partial charge in [-0.15, -0.1) is 0 Å². The molecule has 2 rings (SSSR count). The molecule has 3 N–H and O–H groups in total. The van der Waals surface area contributed by atoms with Gasteiger partial charge in [-0.3, -0.25) is 0 Å². The van der Waals surface area contributed by atoms with E-state index < -0.39 is 5.82 Å². The van der Waals surface area contributed by atoms with Crippen LogP contribution in [0.5, 0.6) is 0 Å². The third kappa shape index (κ3) is 3.69. The molecule has 2 nitrogen and oxygen atoms in total. The van der Waals surface area contributed by atoms with Crippen LogP contribution < -0.4 is 11.1 Å². The fourth-order valence-corrected chi connectivity index (χ4v) is 2.45. The second-order valence-corrected chi connectivity index (χ2v) is 5.92. The van der Waals surface area contributed by atoms with Crippen molar-refractivity contribution in [2.24, 2.45) is 5.73 Å². The predicted octanol–water partition coefficient (Wildman–Crippen LogP) is 4.49. The van der Waals surface area contributed by atoms with E-state index in [9.17, 15) is 4.39 Å². The number of nitrogens with one attached hydrogen (secondary N) is 1. The Morgan fingerprint density at radius 1 is 1.30 bits per heavy atom. The van der Waals surface area contributed by atoms with Gasteiger partial charge in [-0.05, 0) is 35.9 Å². The lowest BCUT2D eigenvalue weighted by atomic mass is 10.1. The highest BCUT2D eigenvalue weighted by Gasteiger charge is 2.07. The van der Waals surface area contributed by atoms with Crippen molar-refractivity contribution in [3.8, 4) is 0 Å². The Bertz CT molecular complexity index is 664. The molecule has 6 heteroatoms. The van der Waals surface area contributed by atoms with Gasteiger partial charge in [0, 0.05) is 22.3 Å². The molecule has 0 unspecified atom stereocenters. The van der Waals surface area contributed by atoms with Crippen LogP contribution in [0.15, 0.2) is 40.9 Å². The summed E-state index contributed by atoms with van der Waals surface area (Å²) in [5, 5.41) is 3.32. The lowest BCUT2D eigenvalue weighted by Crippen LogP contribution is -2.13. The Hall–Kier alpha value is -1.17. The molecule has 0 amide bonds. The zero-order chi connectivity index (χ0) is 14.7. The number of hydrogen-bond donors (Lipinski definition) is 2. The molecule has 0 aliphatic rings. The zero-order valence-corrected chi connectivity index (χ0v) is 13.4. The Kier molecular flexibility index (Phi) is 4.96. The number of anilines is 1. The maximum Gasteiger partial charge on any atom is 0.141 e. The molecule has 2 aromatic rings. The molecule has 0 spiro atoms. The molecule has 0 aliphatic carbocycles. The highest BCUT2D eigenvalue weighted by atomic mass is 79.9. The monoisotopic (exact) mass is 372 g/mol. The smallest absolute Gasteiger partial charge is 0.141 e. The summed E-state index contributed by atoms with van der Waals surface area (Å²) in [4.78, 5) is 0.311. The normalized spacial score (nSPS) is 10.3. The van der Waals surface area contributed by atoms with Crippen LogP contribution in [-0.2, 0) is 6.54 Å². The molecule has 2 aromatic carbocycles. The SMILES string of the molecule is NC(=S)c1cc(Br)ccc1NCc1ccc(F)c(Cl)c1. The quantitative estimate of drug-likeness (QED) is 0.776. The number of halogens is 3. The first-order valence-electron chi connectivity index (χ1n) is 5.74. The highest BCUT2D eigenvalue weighted by molar-refractivity contribution is 9.10. The molecule has 0 bridgehead atoms.